The number of Topliss-reactive ketones (excluding diaryl/α,β-unsaturated/α-hetero) is 1. The highest BCUT2D eigenvalue weighted by Crippen LogP contribution is 2.37. The highest BCUT2D eigenvalue weighted by molar-refractivity contribution is 8.27. The van der Waals surface area contributed by atoms with Gasteiger partial charge in [-0.25, -0.2) is 0 Å². The lowest BCUT2D eigenvalue weighted by Gasteiger charge is -2.09. The van der Waals surface area contributed by atoms with Gasteiger partial charge in [0, 0.05) is 16.3 Å². The Labute approximate surface area is 163 Å². The molecule has 1 unspecified atom stereocenters. The fraction of sp³-hybridized carbons (Fsp3) is 0.188. The van der Waals surface area contributed by atoms with Gasteiger partial charge in [0.05, 0.1) is 19.9 Å². The van der Waals surface area contributed by atoms with Gasteiger partial charge in [0.15, 0.2) is 5.78 Å². The molecule has 1 amide bonds. The van der Waals surface area contributed by atoms with E-state index in [1.54, 1.807) is 11.0 Å². The number of thioether (sulfide) groups is 2. The maximum absolute atomic E-state index is 12.2. The van der Waals surface area contributed by atoms with Crippen LogP contribution in [0.25, 0.3) is 12.2 Å². The SMILES string of the molecule is [CH]C1C(=O)/C(=C/c2ccc(/C=C3\SC(=S)N(CC)C3=O)s2)SC1=S. The van der Waals surface area contributed by atoms with Crippen molar-refractivity contribution in [3.63, 3.8) is 0 Å². The lowest BCUT2D eigenvalue weighted by molar-refractivity contribution is -0.122. The normalized spacial score (nSPS) is 24.9. The number of ketones is 1. The van der Waals surface area contributed by atoms with Crippen LogP contribution in [0.1, 0.15) is 16.7 Å². The number of allylic oxidation sites excluding steroid dienone is 1. The third kappa shape index (κ3) is 3.43. The number of carbonyl (C=O) groups excluding carboxylic acids is 2. The van der Waals surface area contributed by atoms with Crippen molar-refractivity contribution in [3.8, 4) is 0 Å². The molecule has 0 spiro atoms. The molecule has 1 atom stereocenters. The Morgan fingerprint density at radius 1 is 1.17 bits per heavy atom. The Morgan fingerprint density at radius 3 is 2.29 bits per heavy atom. The highest BCUT2D eigenvalue weighted by atomic mass is 32.2. The molecule has 3 rings (SSSR count). The highest BCUT2D eigenvalue weighted by Gasteiger charge is 2.32. The van der Waals surface area contributed by atoms with Gasteiger partial charge in [-0.05, 0) is 38.1 Å². The summed E-state index contributed by atoms with van der Waals surface area (Å²) in [6, 6.07) is 3.82. The second-order valence-electron chi connectivity index (χ2n) is 4.94. The summed E-state index contributed by atoms with van der Waals surface area (Å²) in [4.78, 5) is 28.8. The van der Waals surface area contributed by atoms with Crippen molar-refractivity contribution in [2.75, 3.05) is 6.54 Å². The van der Waals surface area contributed by atoms with Crippen molar-refractivity contribution in [2.24, 2.45) is 5.92 Å². The smallest absolute Gasteiger partial charge is 0.266 e. The van der Waals surface area contributed by atoms with Crippen molar-refractivity contribution < 1.29 is 9.59 Å². The molecule has 2 radical (unpaired) electrons. The molecular weight excluding hydrogens is 399 g/mol. The first-order chi connectivity index (χ1) is 11.4. The molecule has 0 bridgehead atoms. The Hall–Kier alpha value is -0.800. The van der Waals surface area contributed by atoms with Gasteiger partial charge in [-0.1, -0.05) is 48.0 Å². The van der Waals surface area contributed by atoms with Crippen LogP contribution in [0.2, 0.25) is 0 Å². The molecule has 8 heteroatoms. The first kappa shape index (κ1) is 18.0. The van der Waals surface area contributed by atoms with Crippen LogP contribution in [-0.2, 0) is 9.59 Å². The first-order valence-electron chi connectivity index (χ1n) is 6.99. The fourth-order valence-electron chi connectivity index (χ4n) is 2.14. The summed E-state index contributed by atoms with van der Waals surface area (Å²) in [5.41, 5.74) is 0. The summed E-state index contributed by atoms with van der Waals surface area (Å²) in [6.45, 7) is 8.19. The molecule has 1 aromatic heterocycles. The molecule has 2 aliphatic heterocycles. The average molecular weight is 410 g/mol. The number of thiocarbonyl (C=S) groups is 2. The molecule has 122 valence electrons. The number of carbonyl (C=O) groups is 2. The van der Waals surface area contributed by atoms with E-state index in [-0.39, 0.29) is 11.7 Å². The fourth-order valence-corrected chi connectivity index (χ4v) is 5.80. The largest absolute Gasteiger partial charge is 0.293 e. The quantitative estimate of drug-likeness (QED) is 0.548. The number of likely N-dealkylation sites (N-methyl/N-ethyl adjacent to an activating group) is 1. The van der Waals surface area contributed by atoms with Crippen LogP contribution >= 0.6 is 59.3 Å². The molecule has 2 aliphatic rings. The predicted octanol–water partition coefficient (Wildman–Crippen LogP) is 4.28. The standard InChI is InChI=1S/C16H11NO2S5/c1-3-17-14(19)12(24-16(17)21)7-10-5-4-9(22-10)6-11-13(18)8(2)15(20)23-11/h2,4-8H,3H2,1H3/b11-6-,12-7-. The van der Waals surface area contributed by atoms with E-state index in [2.05, 4.69) is 0 Å². The summed E-state index contributed by atoms with van der Waals surface area (Å²) < 4.78 is 1.09. The number of amides is 1. The van der Waals surface area contributed by atoms with Crippen LogP contribution in [0, 0.1) is 12.8 Å². The minimum Gasteiger partial charge on any atom is -0.293 e. The maximum atomic E-state index is 12.2. The van der Waals surface area contributed by atoms with Crippen LogP contribution in [0.15, 0.2) is 21.9 Å². The zero-order chi connectivity index (χ0) is 17.4. The molecule has 2 fully saturated rings. The van der Waals surface area contributed by atoms with Crippen LogP contribution in [0.3, 0.4) is 0 Å². The van der Waals surface area contributed by atoms with Crippen molar-refractivity contribution in [3.05, 3.63) is 38.6 Å². The molecule has 24 heavy (non-hydrogen) atoms. The van der Waals surface area contributed by atoms with Crippen molar-refractivity contribution in [1.29, 1.82) is 0 Å². The van der Waals surface area contributed by atoms with Crippen LogP contribution in [0.5, 0.6) is 0 Å². The Morgan fingerprint density at radius 2 is 1.79 bits per heavy atom. The second-order valence-corrected chi connectivity index (χ2v) is 9.54. The van der Waals surface area contributed by atoms with E-state index >= 15 is 0 Å². The topological polar surface area (TPSA) is 37.4 Å². The van der Waals surface area contributed by atoms with E-state index in [0.717, 1.165) is 9.75 Å². The summed E-state index contributed by atoms with van der Waals surface area (Å²) in [5, 5.41) is 0. The predicted molar refractivity (Wildman–Crippen MR) is 111 cm³/mol. The van der Waals surface area contributed by atoms with E-state index in [1.165, 1.54) is 34.9 Å². The minimum atomic E-state index is -0.689. The molecule has 3 nitrogen and oxygen atoms in total. The van der Waals surface area contributed by atoms with E-state index in [4.69, 9.17) is 31.4 Å². The molecule has 0 aliphatic carbocycles. The van der Waals surface area contributed by atoms with E-state index in [1.807, 2.05) is 25.1 Å². The second kappa shape index (κ2) is 7.21. The van der Waals surface area contributed by atoms with E-state index in [9.17, 15) is 9.59 Å². The zero-order valence-electron chi connectivity index (χ0n) is 12.5. The number of thiophene rings is 1. The van der Waals surface area contributed by atoms with Crippen molar-refractivity contribution >= 4 is 91.7 Å². The third-order valence-electron chi connectivity index (χ3n) is 3.37. The number of nitrogens with zero attached hydrogens (tertiary/aromatic N) is 1. The number of hydrogen-bond donors (Lipinski definition) is 0. The summed E-state index contributed by atoms with van der Waals surface area (Å²) in [6.07, 6.45) is 3.63. The van der Waals surface area contributed by atoms with Gasteiger partial charge in [-0.2, -0.15) is 0 Å². The van der Waals surface area contributed by atoms with Gasteiger partial charge in [-0.15, -0.1) is 11.3 Å². The maximum Gasteiger partial charge on any atom is 0.266 e. The third-order valence-corrected chi connectivity index (χ3v) is 7.23. The van der Waals surface area contributed by atoms with Crippen LogP contribution in [-0.4, -0.2) is 31.7 Å². The van der Waals surface area contributed by atoms with Gasteiger partial charge in [-0.3, -0.25) is 14.5 Å². The van der Waals surface area contributed by atoms with E-state index < -0.39 is 5.92 Å². The van der Waals surface area contributed by atoms with Crippen molar-refractivity contribution in [1.82, 2.24) is 4.90 Å². The first-order valence-corrected chi connectivity index (χ1v) is 10.3. The Bertz CT molecular complexity index is 820. The average Bonchev–Trinajstić information content (AvgIpc) is 3.16. The molecule has 3 heterocycles. The van der Waals surface area contributed by atoms with Gasteiger partial charge in [0.2, 0.25) is 0 Å². The van der Waals surface area contributed by atoms with Gasteiger partial charge >= 0.3 is 0 Å². The molecular formula is C16H11NO2S5. The zero-order valence-corrected chi connectivity index (χ0v) is 16.6. The number of hydrogen-bond acceptors (Lipinski definition) is 7. The minimum absolute atomic E-state index is 0.0568. The lowest BCUT2D eigenvalue weighted by Crippen LogP contribution is -2.27. The molecule has 0 aromatic carbocycles. The molecule has 0 N–H and O–H groups in total. The van der Waals surface area contributed by atoms with Gasteiger partial charge in [0.1, 0.15) is 4.32 Å². The van der Waals surface area contributed by atoms with Crippen LogP contribution in [0.4, 0.5) is 0 Å². The van der Waals surface area contributed by atoms with E-state index in [0.29, 0.717) is 24.9 Å². The van der Waals surface area contributed by atoms with Crippen LogP contribution < -0.4 is 0 Å². The Kier molecular flexibility index (Phi) is 5.41. The molecule has 2 saturated heterocycles. The van der Waals surface area contributed by atoms with Gasteiger partial charge in [0.25, 0.3) is 5.91 Å². The molecule has 0 saturated carbocycles. The summed E-state index contributed by atoms with van der Waals surface area (Å²) >= 11 is 14.3. The van der Waals surface area contributed by atoms with Crippen molar-refractivity contribution in [2.45, 2.75) is 6.92 Å². The lowest BCUT2D eigenvalue weighted by atomic mass is 10.1. The Balaban J connectivity index is 1.81. The monoisotopic (exact) mass is 409 g/mol. The van der Waals surface area contributed by atoms with Gasteiger partial charge < -0.3 is 0 Å². The molecule has 1 aromatic rings. The number of rotatable bonds is 3. The summed E-state index contributed by atoms with van der Waals surface area (Å²) in [5.74, 6) is -0.881. The summed E-state index contributed by atoms with van der Waals surface area (Å²) in [7, 11) is 0.